The maximum absolute atomic E-state index is 12.4. The largest absolute Gasteiger partial charge is 0.494 e. The molecule has 0 aliphatic carbocycles. The van der Waals surface area contributed by atoms with Crippen molar-refractivity contribution in [2.24, 2.45) is 5.92 Å². The van der Waals surface area contributed by atoms with E-state index in [1.807, 2.05) is 37.3 Å². The number of ether oxygens (including phenoxy) is 2. The maximum Gasteiger partial charge on any atom is 0.255 e. The van der Waals surface area contributed by atoms with E-state index in [1.54, 1.807) is 18.2 Å². The molecule has 0 atom stereocenters. The summed E-state index contributed by atoms with van der Waals surface area (Å²) in [6, 6.07) is 14.5. The summed E-state index contributed by atoms with van der Waals surface area (Å²) in [6.07, 6.45) is 0. The SMILES string of the molecule is CCOc1cccc(NC(=O)c2cccc(OCC(C)C)c2)c1. The molecule has 1 N–H and O–H groups in total. The summed E-state index contributed by atoms with van der Waals surface area (Å²) in [5, 5.41) is 2.87. The Morgan fingerprint density at radius 3 is 2.43 bits per heavy atom. The average molecular weight is 313 g/mol. The van der Waals surface area contributed by atoms with Crippen molar-refractivity contribution in [3.05, 3.63) is 54.1 Å². The number of hydrogen-bond donors (Lipinski definition) is 1. The summed E-state index contributed by atoms with van der Waals surface area (Å²) in [4.78, 5) is 12.4. The van der Waals surface area contributed by atoms with Crippen molar-refractivity contribution in [3.63, 3.8) is 0 Å². The van der Waals surface area contributed by atoms with Crippen LogP contribution in [0.2, 0.25) is 0 Å². The molecule has 2 aromatic carbocycles. The van der Waals surface area contributed by atoms with Crippen LogP contribution in [0, 0.1) is 5.92 Å². The molecule has 0 radical (unpaired) electrons. The first-order valence-electron chi connectivity index (χ1n) is 7.85. The number of carbonyl (C=O) groups excluding carboxylic acids is 1. The Labute approximate surface area is 137 Å². The lowest BCUT2D eigenvalue weighted by molar-refractivity contribution is 0.102. The molecule has 0 bridgehead atoms. The summed E-state index contributed by atoms with van der Waals surface area (Å²) in [7, 11) is 0. The van der Waals surface area contributed by atoms with Gasteiger partial charge in [0, 0.05) is 17.3 Å². The van der Waals surface area contributed by atoms with E-state index >= 15 is 0 Å². The van der Waals surface area contributed by atoms with E-state index in [4.69, 9.17) is 9.47 Å². The number of anilines is 1. The van der Waals surface area contributed by atoms with E-state index in [9.17, 15) is 4.79 Å². The predicted octanol–water partition coefficient (Wildman–Crippen LogP) is 4.37. The number of rotatable bonds is 7. The minimum absolute atomic E-state index is 0.173. The Balaban J connectivity index is 2.05. The minimum Gasteiger partial charge on any atom is -0.494 e. The van der Waals surface area contributed by atoms with Crippen LogP contribution in [0.25, 0.3) is 0 Å². The van der Waals surface area contributed by atoms with Crippen LogP contribution < -0.4 is 14.8 Å². The van der Waals surface area contributed by atoms with Gasteiger partial charge in [0.25, 0.3) is 5.91 Å². The Kier molecular flexibility index (Phi) is 6.03. The molecule has 0 saturated heterocycles. The molecule has 4 nitrogen and oxygen atoms in total. The third-order valence-electron chi connectivity index (χ3n) is 3.08. The molecule has 0 aromatic heterocycles. The number of benzene rings is 2. The minimum atomic E-state index is -0.173. The molecule has 122 valence electrons. The monoisotopic (exact) mass is 313 g/mol. The van der Waals surface area contributed by atoms with Gasteiger partial charge in [0.05, 0.1) is 13.2 Å². The lowest BCUT2D eigenvalue weighted by atomic mass is 10.2. The number of amides is 1. The Bertz CT molecular complexity index is 653. The standard InChI is InChI=1S/C19H23NO3/c1-4-22-18-10-6-8-16(12-18)20-19(21)15-7-5-9-17(11-15)23-13-14(2)3/h5-12,14H,4,13H2,1-3H3,(H,20,21). The van der Waals surface area contributed by atoms with Gasteiger partial charge >= 0.3 is 0 Å². The van der Waals surface area contributed by atoms with Crippen LogP contribution in [0.4, 0.5) is 5.69 Å². The van der Waals surface area contributed by atoms with E-state index < -0.39 is 0 Å². The molecular weight excluding hydrogens is 290 g/mol. The fraction of sp³-hybridized carbons (Fsp3) is 0.316. The van der Waals surface area contributed by atoms with Gasteiger partial charge in [-0.15, -0.1) is 0 Å². The lowest BCUT2D eigenvalue weighted by Crippen LogP contribution is -2.12. The third kappa shape index (κ3) is 5.33. The third-order valence-corrected chi connectivity index (χ3v) is 3.08. The molecule has 2 aromatic rings. The van der Waals surface area contributed by atoms with E-state index in [0.29, 0.717) is 36.1 Å². The summed E-state index contributed by atoms with van der Waals surface area (Å²) >= 11 is 0. The lowest BCUT2D eigenvalue weighted by Gasteiger charge is -2.11. The average Bonchev–Trinajstić information content (AvgIpc) is 2.54. The highest BCUT2D eigenvalue weighted by Crippen LogP contribution is 2.19. The second-order valence-electron chi connectivity index (χ2n) is 5.65. The Morgan fingerprint density at radius 2 is 1.74 bits per heavy atom. The van der Waals surface area contributed by atoms with Gasteiger partial charge in [-0.2, -0.15) is 0 Å². The Morgan fingerprint density at radius 1 is 1.04 bits per heavy atom. The van der Waals surface area contributed by atoms with E-state index in [2.05, 4.69) is 19.2 Å². The van der Waals surface area contributed by atoms with Crippen molar-refractivity contribution < 1.29 is 14.3 Å². The number of carbonyl (C=O) groups is 1. The van der Waals surface area contributed by atoms with Crippen LogP contribution in [-0.2, 0) is 0 Å². The summed E-state index contributed by atoms with van der Waals surface area (Å²) in [6.45, 7) is 7.31. The van der Waals surface area contributed by atoms with Crippen molar-refractivity contribution in [3.8, 4) is 11.5 Å². The van der Waals surface area contributed by atoms with E-state index in [1.165, 1.54) is 0 Å². The number of nitrogens with one attached hydrogen (secondary N) is 1. The molecule has 23 heavy (non-hydrogen) atoms. The van der Waals surface area contributed by atoms with Crippen molar-refractivity contribution in [2.45, 2.75) is 20.8 Å². The van der Waals surface area contributed by atoms with Crippen LogP contribution in [0.3, 0.4) is 0 Å². The molecule has 0 heterocycles. The van der Waals surface area contributed by atoms with Gasteiger partial charge in [-0.05, 0) is 43.2 Å². The van der Waals surface area contributed by atoms with Crippen molar-refractivity contribution in [2.75, 3.05) is 18.5 Å². The van der Waals surface area contributed by atoms with Gasteiger partial charge in [0.2, 0.25) is 0 Å². The van der Waals surface area contributed by atoms with Crippen LogP contribution >= 0.6 is 0 Å². The van der Waals surface area contributed by atoms with Gasteiger partial charge in [-0.3, -0.25) is 4.79 Å². The van der Waals surface area contributed by atoms with Crippen molar-refractivity contribution >= 4 is 11.6 Å². The molecule has 0 fully saturated rings. The van der Waals surface area contributed by atoms with Crippen molar-refractivity contribution in [1.82, 2.24) is 0 Å². The molecule has 0 aliphatic rings. The van der Waals surface area contributed by atoms with Crippen LogP contribution in [0.1, 0.15) is 31.1 Å². The Hall–Kier alpha value is -2.49. The summed E-state index contributed by atoms with van der Waals surface area (Å²) < 4.78 is 11.1. The topological polar surface area (TPSA) is 47.6 Å². The zero-order valence-electron chi connectivity index (χ0n) is 13.8. The molecule has 0 aliphatic heterocycles. The van der Waals surface area contributed by atoms with Gasteiger partial charge < -0.3 is 14.8 Å². The van der Waals surface area contributed by atoms with Crippen molar-refractivity contribution in [1.29, 1.82) is 0 Å². The van der Waals surface area contributed by atoms with E-state index in [0.717, 1.165) is 5.75 Å². The first kappa shape index (κ1) is 16.9. The first-order valence-corrected chi connectivity index (χ1v) is 7.85. The second kappa shape index (κ2) is 8.22. The van der Waals surface area contributed by atoms with Gasteiger partial charge in [-0.25, -0.2) is 0 Å². The summed E-state index contributed by atoms with van der Waals surface area (Å²) in [5.74, 6) is 1.70. The number of hydrogen-bond acceptors (Lipinski definition) is 3. The molecule has 0 spiro atoms. The van der Waals surface area contributed by atoms with Gasteiger partial charge in [-0.1, -0.05) is 26.0 Å². The zero-order valence-corrected chi connectivity index (χ0v) is 13.8. The maximum atomic E-state index is 12.4. The fourth-order valence-electron chi connectivity index (χ4n) is 2.02. The highest BCUT2D eigenvalue weighted by Gasteiger charge is 2.08. The molecule has 2 rings (SSSR count). The highest BCUT2D eigenvalue weighted by molar-refractivity contribution is 6.04. The van der Waals surface area contributed by atoms with Gasteiger partial charge in [0.1, 0.15) is 11.5 Å². The van der Waals surface area contributed by atoms with E-state index in [-0.39, 0.29) is 5.91 Å². The molecule has 4 heteroatoms. The zero-order chi connectivity index (χ0) is 16.7. The molecule has 0 saturated carbocycles. The molecule has 0 unspecified atom stereocenters. The second-order valence-corrected chi connectivity index (χ2v) is 5.65. The quantitative estimate of drug-likeness (QED) is 0.825. The highest BCUT2D eigenvalue weighted by atomic mass is 16.5. The summed E-state index contributed by atoms with van der Waals surface area (Å²) in [5.41, 5.74) is 1.27. The smallest absolute Gasteiger partial charge is 0.255 e. The molecule has 1 amide bonds. The molecular formula is C19H23NO3. The first-order chi connectivity index (χ1) is 11.1. The fourth-order valence-corrected chi connectivity index (χ4v) is 2.02. The van der Waals surface area contributed by atoms with Gasteiger partial charge in [0.15, 0.2) is 0 Å². The normalized spacial score (nSPS) is 10.4. The predicted molar refractivity (Wildman–Crippen MR) is 92.3 cm³/mol. The van der Waals surface area contributed by atoms with Crippen LogP contribution in [0.15, 0.2) is 48.5 Å². The van der Waals surface area contributed by atoms with Crippen LogP contribution in [-0.4, -0.2) is 19.1 Å². The van der Waals surface area contributed by atoms with Crippen LogP contribution in [0.5, 0.6) is 11.5 Å².